The first-order valence-electron chi connectivity index (χ1n) is 6.22. The maximum absolute atomic E-state index is 11.7. The number of rotatable bonds is 7. The van der Waals surface area contributed by atoms with E-state index in [9.17, 15) is 4.79 Å². The van der Waals surface area contributed by atoms with E-state index in [2.05, 4.69) is 10.6 Å². The van der Waals surface area contributed by atoms with Crippen LogP contribution in [0.3, 0.4) is 0 Å². The molecule has 0 spiro atoms. The molecule has 0 fully saturated rings. The lowest BCUT2D eigenvalue weighted by molar-refractivity contribution is -0.124. The quantitative estimate of drug-likeness (QED) is 0.801. The van der Waals surface area contributed by atoms with Crippen molar-refractivity contribution in [2.75, 3.05) is 27.2 Å². The summed E-state index contributed by atoms with van der Waals surface area (Å²) in [6, 6.07) is 7.89. The highest BCUT2D eigenvalue weighted by Gasteiger charge is 2.10. The Morgan fingerprint density at radius 3 is 2.47 bits per heavy atom. The molecule has 108 valence electrons. The first kappa shape index (κ1) is 17.7. The van der Waals surface area contributed by atoms with Crippen molar-refractivity contribution in [1.82, 2.24) is 10.6 Å². The Kier molecular flexibility index (Phi) is 9.00. The van der Waals surface area contributed by atoms with Crippen LogP contribution in [0, 0.1) is 5.92 Å². The predicted molar refractivity (Wildman–Crippen MR) is 80.0 cm³/mol. The van der Waals surface area contributed by atoms with Crippen LogP contribution in [0.25, 0.3) is 0 Å². The van der Waals surface area contributed by atoms with Gasteiger partial charge in [0.2, 0.25) is 5.91 Å². The van der Waals surface area contributed by atoms with Gasteiger partial charge in [-0.05, 0) is 31.2 Å². The molecule has 2 N–H and O–H groups in total. The second kappa shape index (κ2) is 9.64. The Balaban J connectivity index is 0.00000324. The molecule has 0 bridgehead atoms. The zero-order chi connectivity index (χ0) is 13.4. The highest BCUT2D eigenvalue weighted by Crippen LogP contribution is 2.11. The van der Waals surface area contributed by atoms with Crippen LogP contribution in [0.4, 0.5) is 0 Å². The molecule has 0 aliphatic rings. The molecule has 1 amide bonds. The van der Waals surface area contributed by atoms with Crippen LogP contribution in [-0.2, 0) is 11.2 Å². The number of amides is 1. The number of ether oxygens (including phenoxy) is 1. The largest absolute Gasteiger partial charge is 0.497 e. The van der Waals surface area contributed by atoms with Gasteiger partial charge in [0, 0.05) is 19.0 Å². The van der Waals surface area contributed by atoms with Crippen LogP contribution in [0.5, 0.6) is 5.75 Å². The maximum Gasteiger partial charge on any atom is 0.224 e. The molecule has 0 saturated carbocycles. The van der Waals surface area contributed by atoms with E-state index >= 15 is 0 Å². The molecule has 0 aromatic heterocycles. The van der Waals surface area contributed by atoms with Gasteiger partial charge in [-0.25, -0.2) is 0 Å². The van der Waals surface area contributed by atoms with Crippen LogP contribution in [0.15, 0.2) is 24.3 Å². The third kappa shape index (κ3) is 6.45. The summed E-state index contributed by atoms with van der Waals surface area (Å²) >= 11 is 0. The van der Waals surface area contributed by atoms with E-state index in [4.69, 9.17) is 4.74 Å². The summed E-state index contributed by atoms with van der Waals surface area (Å²) in [5.41, 5.74) is 1.19. The molecular weight excluding hydrogens is 264 g/mol. The van der Waals surface area contributed by atoms with Gasteiger partial charge in [0.25, 0.3) is 0 Å². The molecule has 4 nitrogen and oxygen atoms in total. The maximum atomic E-state index is 11.7. The molecule has 1 atom stereocenters. The van der Waals surface area contributed by atoms with Gasteiger partial charge in [-0.15, -0.1) is 12.4 Å². The summed E-state index contributed by atoms with van der Waals surface area (Å²) < 4.78 is 5.09. The first-order valence-corrected chi connectivity index (χ1v) is 6.22. The third-order valence-electron chi connectivity index (χ3n) is 2.83. The van der Waals surface area contributed by atoms with Crippen molar-refractivity contribution >= 4 is 18.3 Å². The predicted octanol–water partition coefficient (Wildman–Crippen LogP) is 1.63. The summed E-state index contributed by atoms with van der Waals surface area (Å²) in [5.74, 6) is 0.953. The van der Waals surface area contributed by atoms with Crippen molar-refractivity contribution in [2.45, 2.75) is 13.3 Å². The summed E-state index contributed by atoms with van der Waals surface area (Å²) in [5, 5.41) is 5.93. The smallest absolute Gasteiger partial charge is 0.224 e. The molecule has 0 radical (unpaired) electrons. The molecule has 5 heteroatoms. The van der Waals surface area contributed by atoms with Crippen LogP contribution in [0.2, 0.25) is 0 Å². The van der Waals surface area contributed by atoms with Crippen LogP contribution >= 0.6 is 12.4 Å². The van der Waals surface area contributed by atoms with E-state index in [-0.39, 0.29) is 24.2 Å². The topological polar surface area (TPSA) is 50.4 Å². The fourth-order valence-corrected chi connectivity index (χ4v) is 1.70. The van der Waals surface area contributed by atoms with E-state index in [1.165, 1.54) is 5.56 Å². The lowest BCUT2D eigenvalue weighted by atomic mass is 10.1. The SMILES string of the molecule is CNCC(C)C(=O)NCCc1ccc(OC)cc1.Cl. The Hall–Kier alpha value is -1.26. The standard InChI is InChI=1S/C14H22N2O2.ClH/c1-11(10-15-2)14(17)16-9-8-12-4-6-13(18-3)7-5-12;/h4-7,11,15H,8-10H2,1-3H3,(H,16,17);1H. The Morgan fingerprint density at radius 2 is 1.95 bits per heavy atom. The lowest BCUT2D eigenvalue weighted by Gasteiger charge is -2.11. The first-order chi connectivity index (χ1) is 8.67. The highest BCUT2D eigenvalue weighted by molar-refractivity contribution is 5.85. The Morgan fingerprint density at radius 1 is 1.32 bits per heavy atom. The van der Waals surface area contributed by atoms with Crippen molar-refractivity contribution < 1.29 is 9.53 Å². The highest BCUT2D eigenvalue weighted by atomic mass is 35.5. The second-order valence-corrected chi connectivity index (χ2v) is 4.35. The number of nitrogens with one attached hydrogen (secondary N) is 2. The lowest BCUT2D eigenvalue weighted by Crippen LogP contribution is -2.35. The molecule has 19 heavy (non-hydrogen) atoms. The van der Waals surface area contributed by atoms with E-state index in [0.29, 0.717) is 13.1 Å². The summed E-state index contributed by atoms with van der Waals surface area (Å²) in [4.78, 5) is 11.7. The van der Waals surface area contributed by atoms with Crippen LogP contribution in [-0.4, -0.2) is 33.2 Å². The van der Waals surface area contributed by atoms with Gasteiger partial charge in [-0.1, -0.05) is 19.1 Å². The molecule has 1 unspecified atom stereocenters. The summed E-state index contributed by atoms with van der Waals surface area (Å²) in [7, 11) is 3.50. The number of hydrogen-bond donors (Lipinski definition) is 2. The third-order valence-corrected chi connectivity index (χ3v) is 2.83. The zero-order valence-corrected chi connectivity index (χ0v) is 12.5. The van der Waals surface area contributed by atoms with Gasteiger partial charge in [0.1, 0.15) is 5.75 Å². The second-order valence-electron chi connectivity index (χ2n) is 4.35. The van der Waals surface area contributed by atoms with E-state index in [1.807, 2.05) is 38.2 Å². The van der Waals surface area contributed by atoms with Crippen molar-refractivity contribution in [3.63, 3.8) is 0 Å². The number of methoxy groups -OCH3 is 1. The monoisotopic (exact) mass is 286 g/mol. The normalized spacial score (nSPS) is 11.3. The minimum atomic E-state index is 0. The molecule has 1 aromatic rings. The average Bonchev–Trinajstić information content (AvgIpc) is 2.39. The van der Waals surface area contributed by atoms with Crippen LogP contribution in [0.1, 0.15) is 12.5 Å². The van der Waals surface area contributed by atoms with Crippen molar-refractivity contribution in [1.29, 1.82) is 0 Å². The molecule has 1 aromatic carbocycles. The fourth-order valence-electron chi connectivity index (χ4n) is 1.70. The molecule has 0 saturated heterocycles. The van der Waals surface area contributed by atoms with Crippen molar-refractivity contribution in [2.24, 2.45) is 5.92 Å². The minimum Gasteiger partial charge on any atom is -0.497 e. The number of benzene rings is 1. The number of carbonyl (C=O) groups excluding carboxylic acids is 1. The van der Waals surface area contributed by atoms with Gasteiger partial charge in [0.15, 0.2) is 0 Å². The molecular formula is C14H23ClN2O2. The van der Waals surface area contributed by atoms with Gasteiger partial charge in [-0.2, -0.15) is 0 Å². The summed E-state index contributed by atoms with van der Waals surface area (Å²) in [6.45, 7) is 3.28. The zero-order valence-electron chi connectivity index (χ0n) is 11.7. The number of hydrogen-bond acceptors (Lipinski definition) is 3. The van der Waals surface area contributed by atoms with Gasteiger partial charge >= 0.3 is 0 Å². The molecule has 0 aliphatic heterocycles. The van der Waals surface area contributed by atoms with Gasteiger partial charge in [-0.3, -0.25) is 4.79 Å². The Labute approximate surface area is 121 Å². The van der Waals surface area contributed by atoms with Crippen molar-refractivity contribution in [3.8, 4) is 5.75 Å². The van der Waals surface area contributed by atoms with Crippen molar-refractivity contribution in [3.05, 3.63) is 29.8 Å². The summed E-state index contributed by atoms with van der Waals surface area (Å²) in [6.07, 6.45) is 0.835. The average molecular weight is 287 g/mol. The fraction of sp³-hybridized carbons (Fsp3) is 0.500. The number of halogens is 1. The van der Waals surface area contributed by atoms with Gasteiger partial charge < -0.3 is 15.4 Å². The molecule has 1 rings (SSSR count). The van der Waals surface area contributed by atoms with Crippen LogP contribution < -0.4 is 15.4 Å². The van der Waals surface area contributed by atoms with E-state index < -0.39 is 0 Å². The van der Waals surface area contributed by atoms with E-state index in [1.54, 1.807) is 7.11 Å². The minimum absolute atomic E-state index is 0. The molecule has 0 heterocycles. The van der Waals surface area contributed by atoms with E-state index in [0.717, 1.165) is 12.2 Å². The Bertz CT molecular complexity index is 368. The molecule has 0 aliphatic carbocycles. The van der Waals surface area contributed by atoms with Gasteiger partial charge in [0.05, 0.1) is 7.11 Å². The number of carbonyl (C=O) groups is 1.